The molecule has 0 spiro atoms. The van der Waals surface area contributed by atoms with E-state index in [2.05, 4.69) is 11.4 Å². The van der Waals surface area contributed by atoms with Gasteiger partial charge >= 0.3 is 0 Å². The van der Waals surface area contributed by atoms with Gasteiger partial charge < -0.3 is 10.2 Å². The van der Waals surface area contributed by atoms with Crippen LogP contribution in [0.25, 0.3) is 17.2 Å². The number of halogens is 1. The minimum Gasteiger partial charge on any atom is -0.341 e. The molecule has 0 aliphatic heterocycles. The minimum absolute atomic E-state index is 0.0472. The smallest absolute Gasteiger partial charge is 0.227 e. The van der Waals surface area contributed by atoms with Gasteiger partial charge in [0.1, 0.15) is 5.82 Å². The van der Waals surface area contributed by atoms with E-state index < -0.39 is 10.8 Å². The number of rotatable bonds is 9. The first-order valence-electron chi connectivity index (χ1n) is 11.0. The molecule has 0 saturated carbocycles. The molecule has 3 rings (SSSR count). The number of carbonyl (C=O) groups is 1. The van der Waals surface area contributed by atoms with Crippen LogP contribution in [-0.2, 0) is 15.6 Å². The van der Waals surface area contributed by atoms with Gasteiger partial charge in [0.15, 0.2) is 0 Å². The van der Waals surface area contributed by atoms with Crippen LogP contribution in [0.4, 0.5) is 4.39 Å². The maximum atomic E-state index is 14.1. The highest BCUT2D eigenvalue weighted by Crippen LogP contribution is 2.44. The average molecular weight is 455 g/mol. The Labute approximate surface area is 192 Å². The zero-order chi connectivity index (χ0) is 23.3. The summed E-state index contributed by atoms with van der Waals surface area (Å²) in [6.07, 6.45) is 3.95. The van der Waals surface area contributed by atoms with Crippen molar-refractivity contribution in [1.82, 2.24) is 10.2 Å². The van der Waals surface area contributed by atoms with Crippen LogP contribution in [-0.4, -0.2) is 47.5 Å². The molecule has 0 saturated heterocycles. The summed E-state index contributed by atoms with van der Waals surface area (Å²) in [7, 11) is -1.03. The summed E-state index contributed by atoms with van der Waals surface area (Å²) in [6.45, 7) is 8.93. The van der Waals surface area contributed by atoms with Gasteiger partial charge in [-0.3, -0.25) is 9.00 Å². The maximum Gasteiger partial charge on any atom is 0.227 e. The first kappa shape index (κ1) is 24.1. The second-order valence-corrected chi connectivity index (χ2v) is 9.26. The SMILES string of the molecule is CCNCCN(CC)C(=O)CC1=C(C)/C(=C/c2ccc(S(C)=O)cc2)c2ccc(F)cc21. The first-order chi connectivity index (χ1) is 15.3. The molecule has 0 heterocycles. The topological polar surface area (TPSA) is 49.4 Å². The summed E-state index contributed by atoms with van der Waals surface area (Å²) < 4.78 is 25.8. The Morgan fingerprint density at radius 3 is 2.47 bits per heavy atom. The van der Waals surface area contributed by atoms with E-state index in [1.165, 1.54) is 12.1 Å². The highest BCUT2D eigenvalue weighted by atomic mass is 32.2. The van der Waals surface area contributed by atoms with Gasteiger partial charge in [0.2, 0.25) is 5.91 Å². The summed E-state index contributed by atoms with van der Waals surface area (Å²) in [5.41, 5.74) is 5.55. The second-order valence-electron chi connectivity index (χ2n) is 7.88. The third-order valence-electron chi connectivity index (χ3n) is 5.85. The van der Waals surface area contributed by atoms with E-state index in [0.717, 1.165) is 51.4 Å². The number of hydrogen-bond acceptors (Lipinski definition) is 3. The lowest BCUT2D eigenvalue weighted by atomic mass is 10.0. The van der Waals surface area contributed by atoms with Gasteiger partial charge in [0.05, 0.1) is 6.42 Å². The molecular formula is C26H31FN2O2S. The second kappa shape index (κ2) is 10.8. The normalized spacial score (nSPS) is 15.2. The number of amides is 1. The number of hydrogen-bond donors (Lipinski definition) is 1. The number of allylic oxidation sites excluding steroid dienone is 2. The molecule has 0 fully saturated rings. The van der Waals surface area contributed by atoms with Crippen LogP contribution in [0.5, 0.6) is 0 Å². The molecule has 0 bridgehead atoms. The molecule has 6 heteroatoms. The van der Waals surface area contributed by atoms with Gasteiger partial charge in [-0.2, -0.15) is 0 Å². The zero-order valence-electron chi connectivity index (χ0n) is 19.2. The van der Waals surface area contributed by atoms with Crippen molar-refractivity contribution in [3.05, 3.63) is 70.5 Å². The molecule has 0 aromatic heterocycles. The molecule has 0 radical (unpaired) electrons. The molecule has 1 N–H and O–H groups in total. The van der Waals surface area contributed by atoms with E-state index in [0.29, 0.717) is 13.1 Å². The number of likely N-dealkylation sites (N-methyl/N-ethyl adjacent to an activating group) is 2. The van der Waals surface area contributed by atoms with Crippen molar-refractivity contribution in [1.29, 1.82) is 0 Å². The Kier molecular flexibility index (Phi) is 8.15. The standard InChI is InChI=1S/C26H31FN2O2S/c1-5-28-13-14-29(6-2)26(30)17-24-18(3)23(22-12-9-20(27)16-25(22)24)15-19-7-10-21(11-8-19)32(4)31/h7-12,15-16,28H,5-6,13-14,17H2,1-4H3/b23-15-. The lowest BCUT2D eigenvalue weighted by Crippen LogP contribution is -2.36. The number of nitrogens with one attached hydrogen (secondary N) is 1. The molecule has 1 aliphatic carbocycles. The predicted molar refractivity (Wildman–Crippen MR) is 131 cm³/mol. The van der Waals surface area contributed by atoms with Gasteiger partial charge in [-0.1, -0.05) is 25.1 Å². The van der Waals surface area contributed by atoms with E-state index in [1.54, 1.807) is 12.3 Å². The Balaban J connectivity index is 1.94. The molecule has 1 atom stereocenters. The van der Waals surface area contributed by atoms with Gasteiger partial charge in [-0.15, -0.1) is 0 Å². The van der Waals surface area contributed by atoms with Crippen LogP contribution in [0.2, 0.25) is 0 Å². The van der Waals surface area contributed by atoms with Gasteiger partial charge in [-0.05, 0) is 84.1 Å². The molecule has 32 heavy (non-hydrogen) atoms. The van der Waals surface area contributed by atoms with Gasteiger partial charge in [-0.25, -0.2) is 4.39 Å². The van der Waals surface area contributed by atoms with Crippen molar-refractivity contribution >= 4 is 33.9 Å². The molecule has 4 nitrogen and oxygen atoms in total. The molecule has 2 aromatic carbocycles. The molecule has 1 unspecified atom stereocenters. The van der Waals surface area contributed by atoms with Crippen molar-refractivity contribution in [2.75, 3.05) is 32.4 Å². The molecule has 2 aromatic rings. The molecule has 170 valence electrons. The number of nitrogens with zero attached hydrogens (tertiary/aromatic N) is 1. The number of benzene rings is 2. The lowest BCUT2D eigenvalue weighted by Gasteiger charge is -2.21. The van der Waals surface area contributed by atoms with E-state index in [-0.39, 0.29) is 18.1 Å². The Morgan fingerprint density at radius 2 is 1.84 bits per heavy atom. The molecule has 1 amide bonds. The summed E-state index contributed by atoms with van der Waals surface area (Å²) >= 11 is 0. The van der Waals surface area contributed by atoms with Crippen molar-refractivity contribution in [3.8, 4) is 0 Å². The van der Waals surface area contributed by atoms with Crippen molar-refractivity contribution < 1.29 is 13.4 Å². The largest absolute Gasteiger partial charge is 0.341 e. The van der Waals surface area contributed by atoms with E-state index in [9.17, 15) is 13.4 Å². The van der Waals surface area contributed by atoms with Crippen LogP contribution in [0.3, 0.4) is 0 Å². The average Bonchev–Trinajstić information content (AvgIpc) is 3.02. The number of carbonyl (C=O) groups excluding carboxylic acids is 1. The Morgan fingerprint density at radius 1 is 1.12 bits per heavy atom. The van der Waals surface area contributed by atoms with Crippen LogP contribution >= 0.6 is 0 Å². The first-order valence-corrected chi connectivity index (χ1v) is 12.6. The van der Waals surface area contributed by atoms with Crippen molar-refractivity contribution in [2.45, 2.75) is 32.1 Å². The fourth-order valence-electron chi connectivity index (χ4n) is 4.02. The van der Waals surface area contributed by atoms with Gasteiger partial charge in [0.25, 0.3) is 0 Å². The van der Waals surface area contributed by atoms with Crippen molar-refractivity contribution in [3.63, 3.8) is 0 Å². The van der Waals surface area contributed by atoms with Crippen LogP contribution in [0, 0.1) is 5.82 Å². The summed E-state index contributed by atoms with van der Waals surface area (Å²) in [4.78, 5) is 15.7. The minimum atomic E-state index is -1.03. The Hall–Kier alpha value is -2.57. The third-order valence-corrected chi connectivity index (χ3v) is 6.78. The fourth-order valence-corrected chi connectivity index (χ4v) is 4.54. The highest BCUT2D eigenvalue weighted by Gasteiger charge is 2.27. The third kappa shape index (κ3) is 5.43. The van der Waals surface area contributed by atoms with Crippen LogP contribution in [0.1, 0.15) is 43.9 Å². The summed E-state index contributed by atoms with van der Waals surface area (Å²) in [5, 5.41) is 3.25. The highest BCUT2D eigenvalue weighted by molar-refractivity contribution is 7.84. The van der Waals surface area contributed by atoms with E-state index in [4.69, 9.17) is 0 Å². The van der Waals surface area contributed by atoms with Crippen LogP contribution < -0.4 is 5.32 Å². The fraction of sp³-hybridized carbons (Fsp3) is 0.346. The van der Waals surface area contributed by atoms with Crippen molar-refractivity contribution in [2.24, 2.45) is 0 Å². The Bertz CT molecular complexity index is 1070. The number of fused-ring (bicyclic) bond motifs is 1. The predicted octanol–water partition coefficient (Wildman–Crippen LogP) is 4.74. The quantitative estimate of drug-likeness (QED) is 0.557. The summed E-state index contributed by atoms with van der Waals surface area (Å²) in [5.74, 6) is -0.261. The molecular weight excluding hydrogens is 423 g/mol. The monoisotopic (exact) mass is 454 g/mol. The maximum absolute atomic E-state index is 14.1. The zero-order valence-corrected chi connectivity index (χ0v) is 20.0. The van der Waals surface area contributed by atoms with E-state index >= 15 is 0 Å². The van der Waals surface area contributed by atoms with Crippen LogP contribution in [0.15, 0.2) is 52.9 Å². The van der Waals surface area contributed by atoms with E-state index in [1.807, 2.05) is 49.9 Å². The lowest BCUT2D eigenvalue weighted by molar-refractivity contribution is -0.129. The van der Waals surface area contributed by atoms with Gasteiger partial charge in [0, 0.05) is 41.6 Å². The summed E-state index contributed by atoms with van der Waals surface area (Å²) in [6, 6.07) is 12.4. The molecule has 1 aliphatic rings.